The summed E-state index contributed by atoms with van der Waals surface area (Å²) in [6, 6.07) is 0.339. The quantitative estimate of drug-likeness (QED) is 0.730. The van der Waals surface area contributed by atoms with Crippen molar-refractivity contribution in [1.82, 2.24) is 14.7 Å². The Kier molecular flexibility index (Phi) is 6.33. The van der Waals surface area contributed by atoms with Crippen LogP contribution in [0.15, 0.2) is 0 Å². The third-order valence-corrected chi connectivity index (χ3v) is 6.69. The van der Waals surface area contributed by atoms with Crippen LogP contribution in [-0.4, -0.2) is 89.5 Å². The number of nitrogens with zero attached hydrogens (tertiary/aromatic N) is 3. The van der Waals surface area contributed by atoms with E-state index in [9.17, 15) is 4.79 Å². The molecule has 0 aromatic rings. The molecule has 3 aliphatic rings. The molecule has 0 N–H and O–H groups in total. The van der Waals surface area contributed by atoms with Crippen molar-refractivity contribution in [2.24, 2.45) is 0 Å². The largest absolute Gasteiger partial charge is 0.448 e. The first kappa shape index (κ1) is 21.8. The molecule has 28 heavy (non-hydrogen) atoms. The van der Waals surface area contributed by atoms with E-state index in [1.54, 1.807) is 0 Å². The van der Waals surface area contributed by atoms with Gasteiger partial charge in [-0.3, -0.25) is 9.80 Å². The number of hydrogen-bond donors (Lipinski definition) is 0. The first-order valence-electron chi connectivity index (χ1n) is 11.1. The van der Waals surface area contributed by atoms with Crippen LogP contribution < -0.4 is 0 Å². The van der Waals surface area contributed by atoms with Crippen LogP contribution in [0.1, 0.15) is 67.2 Å². The summed E-state index contributed by atoms with van der Waals surface area (Å²) >= 11 is 0. The molecular formula is C22H41N3O3. The minimum atomic E-state index is -0.142. The third-order valence-electron chi connectivity index (χ3n) is 6.69. The summed E-state index contributed by atoms with van der Waals surface area (Å²) in [6.45, 7) is 18.8. The minimum Gasteiger partial charge on any atom is -0.448 e. The second-order valence-electron chi connectivity index (χ2n) is 10.8. The van der Waals surface area contributed by atoms with Crippen LogP contribution in [0.25, 0.3) is 0 Å². The van der Waals surface area contributed by atoms with Crippen molar-refractivity contribution in [2.45, 2.75) is 89.9 Å². The zero-order valence-electron chi connectivity index (χ0n) is 18.9. The normalized spacial score (nSPS) is 29.9. The van der Waals surface area contributed by atoms with Crippen LogP contribution in [0.5, 0.6) is 0 Å². The smallest absolute Gasteiger partial charge is 0.409 e. The van der Waals surface area contributed by atoms with Crippen molar-refractivity contribution in [3.05, 3.63) is 0 Å². The number of hydrogen-bond acceptors (Lipinski definition) is 5. The predicted octanol–water partition coefficient (Wildman–Crippen LogP) is 3.35. The van der Waals surface area contributed by atoms with Crippen molar-refractivity contribution in [1.29, 1.82) is 0 Å². The van der Waals surface area contributed by atoms with E-state index in [0.29, 0.717) is 12.6 Å². The lowest BCUT2D eigenvalue weighted by molar-refractivity contribution is -0.0596. The molecule has 2 unspecified atom stereocenters. The van der Waals surface area contributed by atoms with Gasteiger partial charge in [0.1, 0.15) is 6.61 Å². The molecule has 0 aliphatic carbocycles. The van der Waals surface area contributed by atoms with E-state index >= 15 is 0 Å². The highest BCUT2D eigenvalue weighted by Gasteiger charge is 2.50. The van der Waals surface area contributed by atoms with Gasteiger partial charge in [-0.05, 0) is 73.8 Å². The van der Waals surface area contributed by atoms with Gasteiger partial charge in [0.05, 0.1) is 12.2 Å². The van der Waals surface area contributed by atoms with Gasteiger partial charge in [0.15, 0.2) is 0 Å². The Morgan fingerprint density at radius 2 is 1.68 bits per heavy atom. The van der Waals surface area contributed by atoms with E-state index < -0.39 is 0 Å². The molecule has 6 heteroatoms. The number of carbonyl (C=O) groups excluding carboxylic acids is 1. The topological polar surface area (TPSA) is 45.3 Å². The second-order valence-corrected chi connectivity index (χ2v) is 10.8. The van der Waals surface area contributed by atoms with E-state index in [1.165, 1.54) is 12.8 Å². The maximum absolute atomic E-state index is 12.6. The number of amides is 1. The fraction of sp³-hybridized carbons (Fsp3) is 0.955. The lowest BCUT2D eigenvalue weighted by Gasteiger charge is -2.42. The fourth-order valence-corrected chi connectivity index (χ4v) is 4.96. The van der Waals surface area contributed by atoms with E-state index in [2.05, 4.69) is 51.3 Å². The van der Waals surface area contributed by atoms with Gasteiger partial charge in [-0.15, -0.1) is 0 Å². The highest BCUT2D eigenvalue weighted by Crippen LogP contribution is 2.43. The highest BCUT2D eigenvalue weighted by molar-refractivity contribution is 5.67. The van der Waals surface area contributed by atoms with Gasteiger partial charge in [0.25, 0.3) is 0 Å². The maximum atomic E-state index is 12.6. The van der Waals surface area contributed by atoms with Crippen LogP contribution in [0.3, 0.4) is 0 Å². The van der Waals surface area contributed by atoms with Crippen LogP contribution in [-0.2, 0) is 9.47 Å². The summed E-state index contributed by atoms with van der Waals surface area (Å²) in [6.07, 6.45) is 4.51. The molecule has 1 amide bonds. The molecule has 3 saturated heterocycles. The van der Waals surface area contributed by atoms with Crippen LogP contribution in [0.2, 0.25) is 0 Å². The summed E-state index contributed by atoms with van der Waals surface area (Å²) in [5.74, 6) is 0. The van der Waals surface area contributed by atoms with E-state index in [-0.39, 0.29) is 22.8 Å². The van der Waals surface area contributed by atoms with Crippen molar-refractivity contribution in [3.8, 4) is 0 Å². The number of piperazine rings is 1. The SMILES string of the molecule is CC(C)(C)OCC12CCCN1C(COC(=O)N1CCN(C(C)(C)C)CC1)CC2. The molecule has 3 rings (SSSR count). The van der Waals surface area contributed by atoms with Crippen LogP contribution in [0.4, 0.5) is 4.79 Å². The van der Waals surface area contributed by atoms with E-state index in [1.807, 2.05) is 4.90 Å². The van der Waals surface area contributed by atoms with E-state index in [4.69, 9.17) is 9.47 Å². The molecule has 162 valence electrons. The average molecular weight is 396 g/mol. The molecule has 3 fully saturated rings. The molecule has 2 atom stereocenters. The van der Waals surface area contributed by atoms with Gasteiger partial charge < -0.3 is 14.4 Å². The first-order chi connectivity index (χ1) is 13.0. The molecule has 6 nitrogen and oxygen atoms in total. The Morgan fingerprint density at radius 1 is 1.00 bits per heavy atom. The van der Waals surface area contributed by atoms with Crippen LogP contribution >= 0.6 is 0 Å². The first-order valence-corrected chi connectivity index (χ1v) is 11.1. The summed E-state index contributed by atoms with van der Waals surface area (Å²) in [7, 11) is 0. The van der Waals surface area contributed by atoms with Gasteiger partial charge in [-0.1, -0.05) is 0 Å². The van der Waals surface area contributed by atoms with Gasteiger partial charge in [-0.2, -0.15) is 0 Å². The molecule has 0 saturated carbocycles. The van der Waals surface area contributed by atoms with Gasteiger partial charge >= 0.3 is 6.09 Å². The number of fused-ring (bicyclic) bond motifs is 1. The minimum absolute atomic E-state index is 0.108. The molecular weight excluding hydrogens is 354 g/mol. The van der Waals surface area contributed by atoms with Crippen molar-refractivity contribution < 1.29 is 14.3 Å². The van der Waals surface area contributed by atoms with Crippen molar-refractivity contribution in [2.75, 3.05) is 45.9 Å². The summed E-state index contributed by atoms with van der Waals surface area (Å²) in [4.78, 5) is 19.5. The van der Waals surface area contributed by atoms with Gasteiger partial charge in [0, 0.05) is 43.3 Å². The van der Waals surface area contributed by atoms with Crippen molar-refractivity contribution >= 4 is 6.09 Å². The standard InChI is InChI=1S/C22H41N3O3/c1-20(2,3)24-14-12-23(13-15-24)19(26)27-16-18-8-10-22(9-7-11-25(18)22)17-28-21(4,5)6/h18H,7-17H2,1-6H3. The molecule has 0 spiro atoms. The average Bonchev–Trinajstić information content (AvgIpc) is 3.16. The molecule has 0 radical (unpaired) electrons. The van der Waals surface area contributed by atoms with Gasteiger partial charge in [0.2, 0.25) is 0 Å². The summed E-state index contributed by atoms with van der Waals surface area (Å²) in [5.41, 5.74) is 0.208. The Morgan fingerprint density at radius 3 is 2.29 bits per heavy atom. The Bertz CT molecular complexity index is 546. The molecule has 3 aliphatic heterocycles. The van der Waals surface area contributed by atoms with E-state index in [0.717, 1.165) is 52.2 Å². The zero-order chi connectivity index (χ0) is 20.6. The molecule has 0 aromatic heterocycles. The Labute approximate surface area is 171 Å². The number of carbonyl (C=O) groups is 1. The van der Waals surface area contributed by atoms with Crippen LogP contribution in [0, 0.1) is 0 Å². The molecule has 0 bridgehead atoms. The zero-order valence-corrected chi connectivity index (χ0v) is 18.9. The highest BCUT2D eigenvalue weighted by atomic mass is 16.6. The molecule has 3 heterocycles. The lowest BCUT2D eigenvalue weighted by Crippen LogP contribution is -2.55. The predicted molar refractivity (Wildman–Crippen MR) is 112 cm³/mol. The Hall–Kier alpha value is -0.850. The van der Waals surface area contributed by atoms with Gasteiger partial charge in [-0.25, -0.2) is 4.79 Å². The molecule has 0 aromatic carbocycles. The number of rotatable bonds is 4. The summed E-state index contributed by atoms with van der Waals surface area (Å²) in [5, 5.41) is 0. The summed E-state index contributed by atoms with van der Waals surface area (Å²) < 4.78 is 11.9. The fourth-order valence-electron chi connectivity index (χ4n) is 4.96. The monoisotopic (exact) mass is 395 g/mol. The number of ether oxygens (including phenoxy) is 2. The third kappa shape index (κ3) is 5.00. The lowest BCUT2D eigenvalue weighted by atomic mass is 9.95. The maximum Gasteiger partial charge on any atom is 0.409 e. The Balaban J connectivity index is 1.47. The van der Waals surface area contributed by atoms with Crippen molar-refractivity contribution in [3.63, 3.8) is 0 Å². The second kappa shape index (κ2) is 8.11.